The number of thioether (sulfide) groups is 1. The number of nitrogens with two attached hydrogens (primary N) is 1. The van der Waals surface area contributed by atoms with Gasteiger partial charge in [0.25, 0.3) is 0 Å². The SMILES string of the molecule is C[C@@H]1CCc2c(sc3ncnc(SCC(=O)N4CCC(C(N)=O)CC4)c23)C1. The van der Waals surface area contributed by atoms with Crippen molar-refractivity contribution in [2.24, 2.45) is 17.6 Å². The molecule has 3 heterocycles. The second-order valence-corrected chi connectivity index (χ2v) is 9.60. The van der Waals surface area contributed by atoms with E-state index in [2.05, 4.69) is 16.9 Å². The van der Waals surface area contributed by atoms with Gasteiger partial charge in [-0.15, -0.1) is 11.3 Å². The Morgan fingerprint density at radius 1 is 1.30 bits per heavy atom. The first kappa shape index (κ1) is 18.7. The fraction of sp³-hybridized carbons (Fsp3) is 0.579. The van der Waals surface area contributed by atoms with Crippen LogP contribution in [0.25, 0.3) is 10.2 Å². The van der Waals surface area contributed by atoms with Gasteiger partial charge in [0.15, 0.2) is 0 Å². The van der Waals surface area contributed by atoms with Gasteiger partial charge in [-0.1, -0.05) is 18.7 Å². The minimum Gasteiger partial charge on any atom is -0.369 e. The highest BCUT2D eigenvalue weighted by Crippen LogP contribution is 2.40. The Bertz CT molecular complexity index is 874. The summed E-state index contributed by atoms with van der Waals surface area (Å²) in [5, 5.41) is 2.09. The van der Waals surface area contributed by atoms with Gasteiger partial charge in [0.05, 0.1) is 5.75 Å². The van der Waals surface area contributed by atoms with E-state index in [1.165, 1.54) is 28.6 Å². The summed E-state index contributed by atoms with van der Waals surface area (Å²) in [5.41, 5.74) is 6.76. The molecular weight excluding hydrogens is 380 g/mol. The van der Waals surface area contributed by atoms with Crippen LogP contribution in [-0.4, -0.2) is 45.5 Å². The number of carbonyl (C=O) groups is 2. The predicted molar refractivity (Wildman–Crippen MR) is 108 cm³/mol. The third-order valence-corrected chi connectivity index (χ3v) is 7.78. The summed E-state index contributed by atoms with van der Waals surface area (Å²) >= 11 is 3.29. The molecule has 1 atom stereocenters. The average Bonchev–Trinajstić information content (AvgIpc) is 3.04. The van der Waals surface area contributed by atoms with Crippen LogP contribution in [-0.2, 0) is 22.4 Å². The van der Waals surface area contributed by atoms with Gasteiger partial charge >= 0.3 is 0 Å². The number of hydrogen-bond donors (Lipinski definition) is 1. The number of likely N-dealkylation sites (tertiary alicyclic amines) is 1. The van der Waals surface area contributed by atoms with Crippen molar-refractivity contribution < 1.29 is 9.59 Å². The molecular formula is C19H24N4O2S2. The normalized spacial score (nSPS) is 20.6. The molecule has 4 rings (SSSR count). The first-order valence-electron chi connectivity index (χ1n) is 9.48. The van der Waals surface area contributed by atoms with E-state index in [1.54, 1.807) is 17.7 Å². The van der Waals surface area contributed by atoms with E-state index in [9.17, 15) is 9.59 Å². The number of carbonyl (C=O) groups excluding carboxylic acids is 2. The molecule has 0 spiro atoms. The number of fused-ring (bicyclic) bond motifs is 3. The van der Waals surface area contributed by atoms with E-state index < -0.39 is 0 Å². The second-order valence-electron chi connectivity index (χ2n) is 7.56. The quantitative estimate of drug-likeness (QED) is 0.625. The van der Waals surface area contributed by atoms with Crippen molar-refractivity contribution in [1.29, 1.82) is 0 Å². The Hall–Kier alpha value is -1.67. The van der Waals surface area contributed by atoms with Crippen molar-refractivity contribution >= 4 is 45.1 Å². The molecule has 2 N–H and O–H groups in total. The number of aromatic nitrogens is 2. The van der Waals surface area contributed by atoms with Crippen LogP contribution in [0.2, 0.25) is 0 Å². The van der Waals surface area contributed by atoms with Crippen LogP contribution in [0.5, 0.6) is 0 Å². The topological polar surface area (TPSA) is 89.2 Å². The number of primary amides is 1. The molecule has 0 aromatic carbocycles. The van der Waals surface area contributed by atoms with E-state index in [1.807, 2.05) is 4.90 Å². The van der Waals surface area contributed by atoms with Gasteiger partial charge in [0.1, 0.15) is 16.2 Å². The molecule has 1 aliphatic carbocycles. The van der Waals surface area contributed by atoms with Crippen LogP contribution in [0, 0.1) is 11.8 Å². The molecule has 6 nitrogen and oxygen atoms in total. The van der Waals surface area contributed by atoms with Crippen molar-refractivity contribution in [1.82, 2.24) is 14.9 Å². The van der Waals surface area contributed by atoms with Crippen molar-refractivity contribution in [3.8, 4) is 0 Å². The van der Waals surface area contributed by atoms with E-state index in [0.29, 0.717) is 31.7 Å². The largest absolute Gasteiger partial charge is 0.369 e. The molecule has 8 heteroatoms. The summed E-state index contributed by atoms with van der Waals surface area (Å²) < 4.78 is 0. The molecule has 0 radical (unpaired) electrons. The van der Waals surface area contributed by atoms with Crippen molar-refractivity contribution in [2.45, 2.75) is 44.1 Å². The number of thiophene rings is 1. The summed E-state index contributed by atoms with van der Waals surface area (Å²) in [5.74, 6) is 0.847. The van der Waals surface area contributed by atoms with Crippen LogP contribution in [0.1, 0.15) is 36.6 Å². The average molecular weight is 405 g/mol. The molecule has 1 fully saturated rings. The lowest BCUT2D eigenvalue weighted by atomic mass is 9.89. The first-order valence-corrected chi connectivity index (χ1v) is 11.3. The Kier molecular flexibility index (Phi) is 5.36. The Morgan fingerprint density at radius 3 is 2.81 bits per heavy atom. The molecule has 2 aliphatic rings. The second kappa shape index (κ2) is 7.75. The van der Waals surface area contributed by atoms with E-state index in [4.69, 9.17) is 5.73 Å². The molecule has 2 aromatic heterocycles. The van der Waals surface area contributed by atoms with Crippen LogP contribution in [0.3, 0.4) is 0 Å². The highest BCUT2D eigenvalue weighted by molar-refractivity contribution is 8.00. The molecule has 2 aromatic rings. The molecule has 0 saturated carbocycles. The lowest BCUT2D eigenvalue weighted by Gasteiger charge is -2.30. The summed E-state index contributed by atoms with van der Waals surface area (Å²) in [6.45, 7) is 3.52. The van der Waals surface area contributed by atoms with E-state index in [0.717, 1.165) is 34.0 Å². The summed E-state index contributed by atoms with van der Waals surface area (Å²) in [6.07, 6.45) is 6.34. The number of aryl methyl sites for hydroxylation is 1. The third kappa shape index (κ3) is 3.82. The lowest BCUT2D eigenvalue weighted by molar-refractivity contribution is -0.132. The van der Waals surface area contributed by atoms with Crippen molar-refractivity contribution in [3.05, 3.63) is 16.8 Å². The zero-order valence-corrected chi connectivity index (χ0v) is 17.1. The summed E-state index contributed by atoms with van der Waals surface area (Å²) in [6, 6.07) is 0. The standard InChI is InChI=1S/C19H24N4O2S2/c1-11-2-3-13-14(8-11)27-19-16(13)18(21-10-22-19)26-9-15(24)23-6-4-12(5-7-23)17(20)25/h10-12H,2-9H2,1H3,(H2,20,25)/t11-/m1/s1. The van der Waals surface area contributed by atoms with Crippen molar-refractivity contribution in [3.63, 3.8) is 0 Å². The maximum absolute atomic E-state index is 12.6. The maximum atomic E-state index is 12.6. The van der Waals surface area contributed by atoms with Crippen molar-refractivity contribution in [2.75, 3.05) is 18.8 Å². The minimum absolute atomic E-state index is 0.0945. The minimum atomic E-state index is -0.253. The highest BCUT2D eigenvalue weighted by atomic mass is 32.2. The van der Waals surface area contributed by atoms with Gasteiger partial charge in [-0.3, -0.25) is 9.59 Å². The van der Waals surface area contributed by atoms with Gasteiger partial charge in [0.2, 0.25) is 11.8 Å². The molecule has 144 valence electrons. The first-order chi connectivity index (χ1) is 13.0. The Balaban J connectivity index is 1.45. The maximum Gasteiger partial charge on any atom is 0.232 e. The molecule has 1 saturated heterocycles. The third-order valence-electron chi connectivity index (χ3n) is 5.64. The smallest absolute Gasteiger partial charge is 0.232 e. The monoisotopic (exact) mass is 404 g/mol. The highest BCUT2D eigenvalue weighted by Gasteiger charge is 2.27. The predicted octanol–water partition coefficient (Wildman–Crippen LogP) is 2.63. The Labute approximate surface area is 166 Å². The summed E-state index contributed by atoms with van der Waals surface area (Å²) in [7, 11) is 0. The van der Waals surface area contributed by atoms with Crippen LogP contribution < -0.4 is 5.73 Å². The van der Waals surface area contributed by atoms with Crippen LogP contribution in [0.15, 0.2) is 11.4 Å². The van der Waals surface area contributed by atoms with Crippen LogP contribution >= 0.6 is 23.1 Å². The fourth-order valence-electron chi connectivity index (χ4n) is 3.99. The molecule has 0 bridgehead atoms. The van der Waals surface area contributed by atoms with E-state index >= 15 is 0 Å². The molecule has 2 amide bonds. The van der Waals surface area contributed by atoms with Gasteiger partial charge < -0.3 is 10.6 Å². The Morgan fingerprint density at radius 2 is 2.07 bits per heavy atom. The van der Waals surface area contributed by atoms with Gasteiger partial charge in [0, 0.05) is 29.3 Å². The van der Waals surface area contributed by atoms with Gasteiger partial charge in [-0.05, 0) is 43.6 Å². The van der Waals surface area contributed by atoms with Gasteiger partial charge in [-0.2, -0.15) is 0 Å². The van der Waals surface area contributed by atoms with Gasteiger partial charge in [-0.25, -0.2) is 9.97 Å². The number of amides is 2. The lowest BCUT2D eigenvalue weighted by Crippen LogP contribution is -2.42. The number of rotatable bonds is 4. The van der Waals surface area contributed by atoms with E-state index in [-0.39, 0.29) is 17.7 Å². The number of piperidine rings is 1. The fourth-order valence-corrected chi connectivity index (χ4v) is 6.33. The molecule has 27 heavy (non-hydrogen) atoms. The number of hydrogen-bond acceptors (Lipinski definition) is 6. The number of nitrogens with zero attached hydrogens (tertiary/aromatic N) is 3. The molecule has 1 aliphatic heterocycles. The molecule has 0 unspecified atom stereocenters. The van der Waals surface area contributed by atoms with Crippen LogP contribution in [0.4, 0.5) is 0 Å². The zero-order chi connectivity index (χ0) is 19.0. The zero-order valence-electron chi connectivity index (χ0n) is 15.4. The summed E-state index contributed by atoms with van der Waals surface area (Å²) in [4.78, 5) is 37.2.